The molecule has 0 fully saturated rings. The summed E-state index contributed by atoms with van der Waals surface area (Å²) in [4.78, 5) is 11.7. The lowest BCUT2D eigenvalue weighted by Crippen LogP contribution is -2.45. The van der Waals surface area contributed by atoms with Crippen LogP contribution < -0.4 is 10.1 Å². The van der Waals surface area contributed by atoms with Crippen molar-refractivity contribution in [1.29, 1.82) is 0 Å². The van der Waals surface area contributed by atoms with Gasteiger partial charge in [0.05, 0.1) is 5.69 Å². The maximum Gasteiger partial charge on any atom is 0.268 e. The SMILES string of the molecule is CCC[C@H](O)[C@@H]1Oc2ccc(Cl)cc2NC1=O. The summed E-state index contributed by atoms with van der Waals surface area (Å²) in [5.41, 5.74) is 0.544. The summed E-state index contributed by atoms with van der Waals surface area (Å²) in [6, 6.07) is 4.99. The van der Waals surface area contributed by atoms with E-state index in [-0.39, 0.29) is 5.91 Å². The van der Waals surface area contributed by atoms with Crippen molar-refractivity contribution < 1.29 is 14.6 Å². The molecule has 0 aromatic heterocycles. The molecule has 4 nitrogen and oxygen atoms in total. The fourth-order valence-corrected chi connectivity index (χ4v) is 1.97. The molecule has 1 aliphatic heterocycles. The molecule has 0 aliphatic carbocycles. The third-order valence-electron chi connectivity index (χ3n) is 2.65. The number of benzene rings is 1. The Morgan fingerprint density at radius 3 is 3.06 bits per heavy atom. The minimum absolute atomic E-state index is 0.333. The zero-order chi connectivity index (χ0) is 12.4. The summed E-state index contributed by atoms with van der Waals surface area (Å²) in [5, 5.41) is 13.0. The molecule has 2 N–H and O–H groups in total. The molecule has 0 saturated heterocycles. The minimum atomic E-state index is -0.844. The molecule has 1 amide bonds. The van der Waals surface area contributed by atoms with Gasteiger partial charge in [0.2, 0.25) is 6.10 Å². The summed E-state index contributed by atoms with van der Waals surface area (Å²) in [5.74, 6) is 0.204. The van der Waals surface area contributed by atoms with Crippen molar-refractivity contribution in [2.45, 2.75) is 32.0 Å². The van der Waals surface area contributed by atoms with Gasteiger partial charge in [0.25, 0.3) is 5.91 Å². The number of aliphatic hydroxyl groups excluding tert-OH is 1. The van der Waals surface area contributed by atoms with Crippen LogP contribution in [-0.2, 0) is 4.79 Å². The fraction of sp³-hybridized carbons (Fsp3) is 0.417. The van der Waals surface area contributed by atoms with Crippen LogP contribution in [0.5, 0.6) is 5.75 Å². The molecule has 1 aromatic rings. The Labute approximate surface area is 105 Å². The Kier molecular flexibility index (Phi) is 3.54. The number of ether oxygens (including phenoxy) is 1. The average molecular weight is 256 g/mol. The monoisotopic (exact) mass is 255 g/mol. The number of amides is 1. The van der Waals surface area contributed by atoms with E-state index >= 15 is 0 Å². The number of anilines is 1. The Morgan fingerprint density at radius 1 is 1.59 bits per heavy atom. The van der Waals surface area contributed by atoms with Gasteiger partial charge >= 0.3 is 0 Å². The molecule has 92 valence electrons. The van der Waals surface area contributed by atoms with E-state index in [1.807, 2.05) is 6.92 Å². The van der Waals surface area contributed by atoms with Gasteiger partial charge < -0.3 is 15.2 Å². The first-order valence-corrected chi connectivity index (χ1v) is 5.94. The van der Waals surface area contributed by atoms with Gasteiger partial charge in [0.15, 0.2) is 0 Å². The Balaban J connectivity index is 2.21. The van der Waals surface area contributed by atoms with Gasteiger partial charge in [-0.05, 0) is 24.6 Å². The predicted molar refractivity (Wildman–Crippen MR) is 65.4 cm³/mol. The van der Waals surface area contributed by atoms with Gasteiger partial charge in [-0.15, -0.1) is 0 Å². The first-order chi connectivity index (χ1) is 8.11. The lowest BCUT2D eigenvalue weighted by molar-refractivity contribution is -0.128. The molecule has 0 saturated carbocycles. The predicted octanol–water partition coefficient (Wildman–Crippen LogP) is 2.20. The molecule has 17 heavy (non-hydrogen) atoms. The number of halogens is 1. The zero-order valence-corrected chi connectivity index (χ0v) is 10.2. The van der Waals surface area contributed by atoms with Gasteiger partial charge in [-0.2, -0.15) is 0 Å². The topological polar surface area (TPSA) is 58.6 Å². The second kappa shape index (κ2) is 4.94. The minimum Gasteiger partial charge on any atom is -0.476 e. The van der Waals surface area contributed by atoms with Crippen LogP contribution in [-0.4, -0.2) is 23.2 Å². The number of carbonyl (C=O) groups is 1. The molecule has 0 radical (unpaired) electrons. The van der Waals surface area contributed by atoms with Crippen LogP contribution in [0.15, 0.2) is 18.2 Å². The summed E-state index contributed by atoms with van der Waals surface area (Å²) < 4.78 is 5.49. The summed E-state index contributed by atoms with van der Waals surface area (Å²) in [7, 11) is 0. The van der Waals surface area contributed by atoms with Crippen molar-refractivity contribution in [2.24, 2.45) is 0 Å². The molecular formula is C12H14ClNO3. The highest BCUT2D eigenvalue weighted by atomic mass is 35.5. The van der Waals surface area contributed by atoms with E-state index in [0.29, 0.717) is 22.9 Å². The number of carbonyl (C=O) groups excluding carboxylic acids is 1. The molecule has 1 aromatic carbocycles. The highest BCUT2D eigenvalue weighted by Gasteiger charge is 2.33. The number of nitrogens with one attached hydrogen (secondary N) is 1. The molecule has 5 heteroatoms. The van der Waals surface area contributed by atoms with Gasteiger partial charge in [0.1, 0.15) is 11.9 Å². The van der Waals surface area contributed by atoms with Gasteiger partial charge in [0, 0.05) is 5.02 Å². The average Bonchev–Trinajstić information content (AvgIpc) is 2.28. The lowest BCUT2D eigenvalue weighted by Gasteiger charge is -2.28. The van der Waals surface area contributed by atoms with Crippen LogP contribution in [0, 0.1) is 0 Å². The number of hydrogen-bond acceptors (Lipinski definition) is 3. The van der Waals surface area contributed by atoms with Crippen molar-refractivity contribution in [3.63, 3.8) is 0 Å². The molecule has 1 aliphatic rings. The standard InChI is InChI=1S/C12H14ClNO3/c1-2-3-9(15)11-12(16)14-8-6-7(13)4-5-10(8)17-11/h4-6,9,11,15H,2-3H2,1H3,(H,14,16)/t9-,11-/m0/s1. The van der Waals surface area contributed by atoms with E-state index < -0.39 is 12.2 Å². The lowest BCUT2D eigenvalue weighted by atomic mass is 10.1. The maximum atomic E-state index is 11.7. The summed E-state index contributed by atoms with van der Waals surface area (Å²) >= 11 is 5.82. The van der Waals surface area contributed by atoms with Crippen LogP contribution in [0.4, 0.5) is 5.69 Å². The van der Waals surface area contributed by atoms with Crippen molar-refractivity contribution in [2.75, 3.05) is 5.32 Å². The molecule has 2 rings (SSSR count). The smallest absolute Gasteiger partial charge is 0.268 e. The zero-order valence-electron chi connectivity index (χ0n) is 9.44. The number of fused-ring (bicyclic) bond motifs is 1. The van der Waals surface area contributed by atoms with E-state index in [1.165, 1.54) is 0 Å². The normalized spacial score (nSPS) is 20.2. The van der Waals surface area contributed by atoms with E-state index in [9.17, 15) is 9.90 Å². The molecule has 0 spiro atoms. The third-order valence-corrected chi connectivity index (χ3v) is 2.88. The second-order valence-electron chi connectivity index (χ2n) is 4.02. The van der Waals surface area contributed by atoms with Crippen LogP contribution in [0.25, 0.3) is 0 Å². The number of rotatable bonds is 3. The van der Waals surface area contributed by atoms with Gasteiger partial charge in [-0.1, -0.05) is 24.9 Å². The highest BCUT2D eigenvalue weighted by molar-refractivity contribution is 6.31. The largest absolute Gasteiger partial charge is 0.476 e. The van der Waals surface area contributed by atoms with E-state index in [0.717, 1.165) is 6.42 Å². The first-order valence-electron chi connectivity index (χ1n) is 5.57. The Morgan fingerprint density at radius 2 is 2.35 bits per heavy atom. The molecule has 1 heterocycles. The van der Waals surface area contributed by atoms with Gasteiger partial charge in [-0.25, -0.2) is 0 Å². The van der Waals surface area contributed by atoms with Crippen LogP contribution in [0.3, 0.4) is 0 Å². The van der Waals surface area contributed by atoms with Crippen LogP contribution in [0.2, 0.25) is 5.02 Å². The highest BCUT2D eigenvalue weighted by Crippen LogP contribution is 2.33. The quantitative estimate of drug-likeness (QED) is 0.871. The van der Waals surface area contributed by atoms with E-state index in [1.54, 1.807) is 18.2 Å². The maximum absolute atomic E-state index is 11.7. The fourth-order valence-electron chi connectivity index (χ4n) is 1.80. The van der Waals surface area contributed by atoms with Crippen molar-refractivity contribution in [3.05, 3.63) is 23.2 Å². The second-order valence-corrected chi connectivity index (χ2v) is 4.46. The molecule has 2 atom stereocenters. The molecule has 0 unspecified atom stereocenters. The van der Waals surface area contributed by atoms with Crippen LogP contribution >= 0.6 is 11.6 Å². The van der Waals surface area contributed by atoms with Crippen molar-refractivity contribution in [1.82, 2.24) is 0 Å². The molecule has 0 bridgehead atoms. The van der Waals surface area contributed by atoms with E-state index in [4.69, 9.17) is 16.3 Å². The van der Waals surface area contributed by atoms with Crippen molar-refractivity contribution >= 4 is 23.2 Å². The Hall–Kier alpha value is -1.26. The number of aliphatic hydroxyl groups is 1. The van der Waals surface area contributed by atoms with Crippen molar-refractivity contribution in [3.8, 4) is 5.75 Å². The van der Waals surface area contributed by atoms with Crippen LogP contribution in [0.1, 0.15) is 19.8 Å². The summed E-state index contributed by atoms with van der Waals surface area (Å²) in [6.45, 7) is 1.94. The first kappa shape index (κ1) is 12.2. The Bertz CT molecular complexity index is 436. The number of hydrogen-bond donors (Lipinski definition) is 2. The summed E-state index contributed by atoms with van der Waals surface area (Å²) in [6.07, 6.45) is -0.310. The van der Waals surface area contributed by atoms with Gasteiger partial charge in [-0.3, -0.25) is 4.79 Å². The third kappa shape index (κ3) is 2.53. The van der Waals surface area contributed by atoms with E-state index in [2.05, 4.69) is 5.32 Å². The molecular weight excluding hydrogens is 242 g/mol.